The fourth-order valence-corrected chi connectivity index (χ4v) is 3.48. The van der Waals surface area contributed by atoms with Crippen LogP contribution in [0.25, 0.3) is 0 Å². The summed E-state index contributed by atoms with van der Waals surface area (Å²) in [7, 11) is 0. The molecule has 1 N–H and O–H groups in total. The van der Waals surface area contributed by atoms with Crippen LogP contribution in [0.4, 0.5) is 0 Å². The van der Waals surface area contributed by atoms with Crippen molar-refractivity contribution in [3.63, 3.8) is 0 Å². The Kier molecular flexibility index (Phi) is 4.92. The summed E-state index contributed by atoms with van der Waals surface area (Å²) in [5.41, 5.74) is 1.63. The van der Waals surface area contributed by atoms with Crippen molar-refractivity contribution in [3.8, 4) is 0 Å². The van der Waals surface area contributed by atoms with E-state index in [1.807, 2.05) is 6.92 Å². The van der Waals surface area contributed by atoms with Gasteiger partial charge in [-0.25, -0.2) is 0 Å². The average Bonchev–Trinajstić information content (AvgIpc) is 2.67. The Bertz CT molecular complexity index is 434. The van der Waals surface area contributed by atoms with Gasteiger partial charge < -0.3 is 9.73 Å². The summed E-state index contributed by atoms with van der Waals surface area (Å²) >= 11 is 0. The van der Waals surface area contributed by atoms with E-state index in [-0.39, 0.29) is 5.54 Å². The van der Waals surface area contributed by atoms with Crippen molar-refractivity contribution in [2.75, 3.05) is 19.6 Å². The zero-order valence-corrected chi connectivity index (χ0v) is 13.8. The highest BCUT2D eigenvalue weighted by Gasteiger charge is 2.33. The molecule has 0 saturated carbocycles. The van der Waals surface area contributed by atoms with Crippen molar-refractivity contribution in [1.29, 1.82) is 0 Å². The largest absolute Gasteiger partial charge is 0.466 e. The molecule has 2 rings (SSSR count). The lowest BCUT2D eigenvalue weighted by Gasteiger charge is -2.38. The first-order chi connectivity index (χ1) is 9.51. The number of rotatable bonds is 4. The summed E-state index contributed by atoms with van der Waals surface area (Å²) in [5, 5.41) is 3.79. The van der Waals surface area contributed by atoms with E-state index < -0.39 is 0 Å². The molecule has 20 heavy (non-hydrogen) atoms. The van der Waals surface area contributed by atoms with Gasteiger partial charge in [0.05, 0.1) is 0 Å². The lowest BCUT2D eigenvalue weighted by Crippen LogP contribution is -2.51. The van der Waals surface area contributed by atoms with Crippen LogP contribution in [0.1, 0.15) is 63.2 Å². The van der Waals surface area contributed by atoms with Crippen LogP contribution in [0.15, 0.2) is 10.5 Å². The Morgan fingerprint density at radius 2 is 2.05 bits per heavy atom. The fraction of sp³-hybridized carbons (Fsp3) is 0.765. The average molecular weight is 278 g/mol. The molecule has 0 radical (unpaired) electrons. The molecule has 3 heteroatoms. The normalized spacial score (nSPS) is 21.6. The Hall–Kier alpha value is -0.800. The summed E-state index contributed by atoms with van der Waals surface area (Å²) in [6.07, 6.45) is 3.61. The molecule has 0 spiro atoms. The molecule has 0 bridgehead atoms. The predicted octanol–water partition coefficient (Wildman–Crippen LogP) is 3.81. The zero-order chi connectivity index (χ0) is 14.8. The summed E-state index contributed by atoms with van der Waals surface area (Å²) in [5.74, 6) is 2.10. The SMILES string of the molecule is CCC1(CC)CN(C(C)c2cc(C)oc2C)CCCN1. The van der Waals surface area contributed by atoms with E-state index in [0.29, 0.717) is 6.04 Å². The minimum absolute atomic E-state index is 0.275. The van der Waals surface area contributed by atoms with Crippen LogP contribution in [0.2, 0.25) is 0 Å². The van der Waals surface area contributed by atoms with Crippen molar-refractivity contribution in [1.82, 2.24) is 10.2 Å². The Balaban J connectivity index is 2.19. The van der Waals surface area contributed by atoms with Gasteiger partial charge in [-0.2, -0.15) is 0 Å². The van der Waals surface area contributed by atoms with Crippen LogP contribution in [-0.4, -0.2) is 30.1 Å². The highest BCUT2D eigenvalue weighted by atomic mass is 16.3. The molecular weight excluding hydrogens is 248 g/mol. The van der Waals surface area contributed by atoms with E-state index in [1.165, 1.54) is 31.4 Å². The van der Waals surface area contributed by atoms with Crippen molar-refractivity contribution in [2.45, 2.75) is 65.5 Å². The van der Waals surface area contributed by atoms with Gasteiger partial charge in [-0.05, 0) is 52.6 Å². The molecule has 1 saturated heterocycles. The van der Waals surface area contributed by atoms with Gasteiger partial charge in [0.1, 0.15) is 11.5 Å². The lowest BCUT2D eigenvalue weighted by molar-refractivity contribution is 0.156. The maximum Gasteiger partial charge on any atom is 0.105 e. The first kappa shape index (κ1) is 15.6. The van der Waals surface area contributed by atoms with E-state index in [9.17, 15) is 0 Å². The molecule has 1 aromatic rings. The topological polar surface area (TPSA) is 28.4 Å². The van der Waals surface area contributed by atoms with E-state index in [0.717, 1.165) is 24.6 Å². The molecule has 2 heterocycles. The quantitative estimate of drug-likeness (QED) is 0.908. The number of aryl methyl sites for hydroxylation is 2. The van der Waals surface area contributed by atoms with Crippen LogP contribution in [0.5, 0.6) is 0 Å². The minimum Gasteiger partial charge on any atom is -0.466 e. The van der Waals surface area contributed by atoms with Crippen LogP contribution < -0.4 is 5.32 Å². The molecule has 114 valence electrons. The number of nitrogens with one attached hydrogen (secondary N) is 1. The second-order valence-electron chi connectivity index (χ2n) is 6.28. The Labute approximate surface area is 123 Å². The number of nitrogens with zero attached hydrogens (tertiary/aromatic N) is 1. The van der Waals surface area contributed by atoms with Crippen molar-refractivity contribution in [3.05, 3.63) is 23.2 Å². The molecule has 0 aromatic carbocycles. The van der Waals surface area contributed by atoms with Gasteiger partial charge in [0.2, 0.25) is 0 Å². The van der Waals surface area contributed by atoms with Gasteiger partial charge in [-0.1, -0.05) is 13.8 Å². The monoisotopic (exact) mass is 278 g/mol. The third-order valence-electron chi connectivity index (χ3n) is 5.06. The third-order valence-corrected chi connectivity index (χ3v) is 5.06. The summed E-state index contributed by atoms with van der Waals surface area (Å²) in [6, 6.07) is 2.64. The lowest BCUT2D eigenvalue weighted by atomic mass is 9.91. The maximum atomic E-state index is 5.72. The van der Waals surface area contributed by atoms with Crippen molar-refractivity contribution in [2.24, 2.45) is 0 Å². The standard InChI is InChI=1S/C17H30N2O/c1-6-17(7-2)12-19(10-8-9-18-17)14(4)16-11-13(3)20-15(16)5/h11,14,18H,6-10,12H2,1-5H3. The van der Waals surface area contributed by atoms with E-state index in [1.54, 1.807) is 0 Å². The predicted molar refractivity (Wildman–Crippen MR) is 84.1 cm³/mol. The summed E-state index contributed by atoms with van der Waals surface area (Å²) in [6.45, 7) is 14.5. The van der Waals surface area contributed by atoms with Gasteiger partial charge in [-0.3, -0.25) is 4.90 Å². The fourth-order valence-electron chi connectivity index (χ4n) is 3.48. The first-order valence-electron chi connectivity index (χ1n) is 8.07. The van der Waals surface area contributed by atoms with Crippen LogP contribution in [0.3, 0.4) is 0 Å². The van der Waals surface area contributed by atoms with Crippen molar-refractivity contribution < 1.29 is 4.42 Å². The molecule has 0 amide bonds. The van der Waals surface area contributed by atoms with Gasteiger partial charge >= 0.3 is 0 Å². The Morgan fingerprint density at radius 3 is 2.60 bits per heavy atom. The molecule has 1 aromatic heterocycles. The van der Waals surface area contributed by atoms with Gasteiger partial charge in [0, 0.05) is 30.2 Å². The second-order valence-corrected chi connectivity index (χ2v) is 6.28. The molecule has 1 aliphatic heterocycles. The van der Waals surface area contributed by atoms with E-state index in [2.05, 4.69) is 44.0 Å². The van der Waals surface area contributed by atoms with Crippen LogP contribution >= 0.6 is 0 Å². The molecular formula is C17H30N2O. The number of furan rings is 1. The third kappa shape index (κ3) is 3.09. The first-order valence-corrected chi connectivity index (χ1v) is 8.07. The highest BCUT2D eigenvalue weighted by molar-refractivity contribution is 5.23. The van der Waals surface area contributed by atoms with Gasteiger partial charge in [-0.15, -0.1) is 0 Å². The zero-order valence-electron chi connectivity index (χ0n) is 13.8. The van der Waals surface area contributed by atoms with Gasteiger partial charge in [0.25, 0.3) is 0 Å². The number of hydrogen-bond donors (Lipinski definition) is 1. The van der Waals surface area contributed by atoms with Crippen molar-refractivity contribution >= 4 is 0 Å². The molecule has 0 aliphatic carbocycles. The summed E-state index contributed by atoms with van der Waals surface area (Å²) in [4.78, 5) is 2.63. The van der Waals surface area contributed by atoms with Gasteiger partial charge in [0.15, 0.2) is 0 Å². The van der Waals surface area contributed by atoms with Crippen LogP contribution in [0, 0.1) is 13.8 Å². The molecule has 3 nitrogen and oxygen atoms in total. The minimum atomic E-state index is 0.275. The number of hydrogen-bond acceptors (Lipinski definition) is 3. The maximum absolute atomic E-state index is 5.72. The smallest absolute Gasteiger partial charge is 0.105 e. The molecule has 1 aliphatic rings. The van der Waals surface area contributed by atoms with E-state index in [4.69, 9.17) is 4.42 Å². The Morgan fingerprint density at radius 1 is 1.35 bits per heavy atom. The molecule has 1 atom stereocenters. The summed E-state index contributed by atoms with van der Waals surface area (Å²) < 4.78 is 5.72. The second kappa shape index (κ2) is 6.31. The molecule has 1 unspecified atom stereocenters. The molecule has 1 fully saturated rings. The van der Waals surface area contributed by atoms with E-state index >= 15 is 0 Å². The highest BCUT2D eigenvalue weighted by Crippen LogP contribution is 2.30. The van der Waals surface area contributed by atoms with Crippen LogP contribution in [-0.2, 0) is 0 Å².